The van der Waals surface area contributed by atoms with Gasteiger partial charge >= 0.3 is 5.97 Å². The van der Waals surface area contributed by atoms with Crippen LogP contribution in [0.25, 0.3) is 0 Å². The molecule has 0 unspecified atom stereocenters. The molecule has 0 aromatic heterocycles. The van der Waals surface area contributed by atoms with Crippen LogP contribution in [0.1, 0.15) is 25.7 Å². The number of carboxylic acids is 1. The zero-order valence-electron chi connectivity index (χ0n) is 14.2. The SMILES string of the molecule is COc1ccc(N=Nc2ccc(OCCCCCC(=O)O)cc2)cc1. The number of nitrogens with zero attached hydrogens (tertiary/aromatic N) is 2. The van der Waals surface area contributed by atoms with Crippen molar-refractivity contribution in [2.24, 2.45) is 10.2 Å². The molecule has 0 amide bonds. The first kappa shape index (κ1) is 18.4. The lowest BCUT2D eigenvalue weighted by molar-refractivity contribution is -0.137. The molecule has 0 aliphatic heterocycles. The van der Waals surface area contributed by atoms with E-state index in [0.29, 0.717) is 13.0 Å². The summed E-state index contributed by atoms with van der Waals surface area (Å²) in [5, 5.41) is 16.9. The van der Waals surface area contributed by atoms with Crippen LogP contribution in [0.2, 0.25) is 0 Å². The van der Waals surface area contributed by atoms with E-state index in [1.165, 1.54) is 0 Å². The van der Waals surface area contributed by atoms with E-state index in [-0.39, 0.29) is 6.42 Å². The van der Waals surface area contributed by atoms with Gasteiger partial charge in [0, 0.05) is 6.42 Å². The number of hydrogen-bond donors (Lipinski definition) is 1. The van der Waals surface area contributed by atoms with Crippen molar-refractivity contribution in [3.63, 3.8) is 0 Å². The van der Waals surface area contributed by atoms with E-state index < -0.39 is 5.97 Å². The Morgan fingerprint density at radius 3 is 1.96 bits per heavy atom. The molecule has 0 bridgehead atoms. The lowest BCUT2D eigenvalue weighted by Crippen LogP contribution is -1.98. The Hall–Kier alpha value is -2.89. The minimum Gasteiger partial charge on any atom is -0.497 e. The predicted molar refractivity (Wildman–Crippen MR) is 95.2 cm³/mol. The molecule has 0 saturated carbocycles. The number of rotatable bonds is 10. The fourth-order valence-corrected chi connectivity index (χ4v) is 2.12. The Labute approximate surface area is 147 Å². The van der Waals surface area contributed by atoms with Gasteiger partial charge in [-0.1, -0.05) is 0 Å². The normalized spacial score (nSPS) is 10.8. The third-order valence-corrected chi connectivity index (χ3v) is 3.49. The average Bonchev–Trinajstić information content (AvgIpc) is 2.64. The Balaban J connectivity index is 1.75. The van der Waals surface area contributed by atoms with Crippen molar-refractivity contribution in [3.05, 3.63) is 48.5 Å². The summed E-state index contributed by atoms with van der Waals surface area (Å²) in [5.74, 6) is 0.797. The van der Waals surface area contributed by atoms with Gasteiger partial charge in [0.25, 0.3) is 0 Å². The summed E-state index contributed by atoms with van der Waals surface area (Å²) in [5.41, 5.74) is 1.49. The monoisotopic (exact) mass is 342 g/mol. The molecule has 0 fully saturated rings. The lowest BCUT2D eigenvalue weighted by Gasteiger charge is -2.05. The summed E-state index contributed by atoms with van der Waals surface area (Å²) >= 11 is 0. The minimum absolute atomic E-state index is 0.216. The van der Waals surface area contributed by atoms with E-state index in [0.717, 1.165) is 35.7 Å². The van der Waals surface area contributed by atoms with Crippen LogP contribution in [0, 0.1) is 0 Å². The number of benzene rings is 2. The van der Waals surface area contributed by atoms with Gasteiger partial charge in [0.2, 0.25) is 0 Å². The highest BCUT2D eigenvalue weighted by Crippen LogP contribution is 2.23. The molecule has 2 aromatic rings. The third kappa shape index (κ3) is 7.03. The zero-order valence-corrected chi connectivity index (χ0v) is 14.2. The van der Waals surface area contributed by atoms with Crippen LogP contribution in [0.5, 0.6) is 11.5 Å². The standard InChI is InChI=1S/C19H22N2O4/c1-24-17-10-6-15(7-11-17)20-21-16-8-12-18(13-9-16)25-14-4-2-3-5-19(22)23/h6-13H,2-5,14H2,1H3,(H,22,23). The van der Waals surface area contributed by atoms with Gasteiger partial charge < -0.3 is 14.6 Å². The number of azo groups is 1. The van der Waals surface area contributed by atoms with Crippen molar-refractivity contribution in [3.8, 4) is 11.5 Å². The first-order valence-electron chi connectivity index (χ1n) is 8.18. The molecule has 1 N–H and O–H groups in total. The van der Waals surface area contributed by atoms with E-state index >= 15 is 0 Å². The number of carboxylic acid groups (broad SMARTS) is 1. The summed E-state index contributed by atoms with van der Waals surface area (Å²) in [6, 6.07) is 14.7. The molecule has 2 rings (SSSR count). The van der Waals surface area contributed by atoms with Gasteiger partial charge in [-0.25, -0.2) is 0 Å². The summed E-state index contributed by atoms with van der Waals surface area (Å²) < 4.78 is 10.7. The topological polar surface area (TPSA) is 80.5 Å². The molecule has 0 atom stereocenters. The fourth-order valence-electron chi connectivity index (χ4n) is 2.12. The van der Waals surface area contributed by atoms with Gasteiger partial charge in [-0.3, -0.25) is 4.79 Å². The molecule has 0 aliphatic rings. The minimum atomic E-state index is -0.750. The molecule has 6 nitrogen and oxygen atoms in total. The van der Waals surface area contributed by atoms with Gasteiger partial charge in [-0.2, -0.15) is 10.2 Å². The van der Waals surface area contributed by atoms with Crippen LogP contribution in [0.3, 0.4) is 0 Å². The lowest BCUT2D eigenvalue weighted by atomic mass is 10.2. The summed E-state index contributed by atoms with van der Waals surface area (Å²) in [6.45, 7) is 0.576. The molecule has 0 radical (unpaired) electrons. The number of unbranched alkanes of at least 4 members (excludes halogenated alkanes) is 2. The highest BCUT2D eigenvalue weighted by molar-refractivity contribution is 5.66. The first-order valence-corrected chi connectivity index (χ1v) is 8.18. The van der Waals surface area contributed by atoms with Gasteiger partial charge in [0.15, 0.2) is 0 Å². The van der Waals surface area contributed by atoms with E-state index in [1.807, 2.05) is 48.5 Å². The van der Waals surface area contributed by atoms with Crippen LogP contribution < -0.4 is 9.47 Å². The van der Waals surface area contributed by atoms with Crippen molar-refractivity contribution >= 4 is 17.3 Å². The fraction of sp³-hybridized carbons (Fsp3) is 0.316. The van der Waals surface area contributed by atoms with Crippen LogP contribution in [0.15, 0.2) is 58.8 Å². The number of ether oxygens (including phenoxy) is 2. The summed E-state index contributed by atoms with van der Waals surface area (Å²) in [6.07, 6.45) is 2.59. The predicted octanol–water partition coefficient (Wildman–Crippen LogP) is 5.13. The van der Waals surface area contributed by atoms with Crippen molar-refractivity contribution in [1.29, 1.82) is 0 Å². The zero-order chi connectivity index (χ0) is 17.9. The van der Waals surface area contributed by atoms with Crippen LogP contribution in [-0.4, -0.2) is 24.8 Å². The van der Waals surface area contributed by atoms with Crippen molar-refractivity contribution < 1.29 is 19.4 Å². The van der Waals surface area contributed by atoms with E-state index in [1.54, 1.807) is 7.11 Å². The maximum atomic E-state index is 10.4. The maximum absolute atomic E-state index is 10.4. The second-order valence-electron chi connectivity index (χ2n) is 5.44. The van der Waals surface area contributed by atoms with E-state index in [9.17, 15) is 4.79 Å². The van der Waals surface area contributed by atoms with Crippen LogP contribution in [-0.2, 0) is 4.79 Å². The molecule has 0 spiro atoms. The van der Waals surface area contributed by atoms with Crippen molar-refractivity contribution in [1.82, 2.24) is 0 Å². The van der Waals surface area contributed by atoms with Crippen LogP contribution in [0.4, 0.5) is 11.4 Å². The van der Waals surface area contributed by atoms with Crippen LogP contribution >= 0.6 is 0 Å². The van der Waals surface area contributed by atoms with Gasteiger partial charge in [-0.05, 0) is 67.8 Å². The molecular weight excluding hydrogens is 320 g/mol. The van der Waals surface area contributed by atoms with Gasteiger partial charge in [0.1, 0.15) is 11.5 Å². The molecule has 0 heterocycles. The largest absolute Gasteiger partial charge is 0.497 e. The van der Waals surface area contributed by atoms with E-state index in [4.69, 9.17) is 14.6 Å². The molecule has 132 valence electrons. The second kappa shape index (κ2) is 10.1. The molecule has 0 saturated heterocycles. The first-order chi connectivity index (χ1) is 12.2. The van der Waals surface area contributed by atoms with Crippen molar-refractivity contribution in [2.75, 3.05) is 13.7 Å². The number of aliphatic carboxylic acids is 1. The van der Waals surface area contributed by atoms with E-state index in [2.05, 4.69) is 10.2 Å². The van der Waals surface area contributed by atoms with Crippen molar-refractivity contribution in [2.45, 2.75) is 25.7 Å². The molecule has 2 aromatic carbocycles. The second-order valence-corrected chi connectivity index (χ2v) is 5.44. The quantitative estimate of drug-likeness (QED) is 0.479. The smallest absolute Gasteiger partial charge is 0.303 e. The summed E-state index contributed by atoms with van der Waals surface area (Å²) in [7, 11) is 1.62. The number of carbonyl (C=O) groups is 1. The molecule has 25 heavy (non-hydrogen) atoms. The summed E-state index contributed by atoms with van der Waals surface area (Å²) in [4.78, 5) is 10.4. The molecule has 6 heteroatoms. The van der Waals surface area contributed by atoms with Gasteiger partial charge in [0.05, 0.1) is 25.1 Å². The molecular formula is C19H22N2O4. The molecule has 0 aliphatic carbocycles. The number of hydrogen-bond acceptors (Lipinski definition) is 5. The highest BCUT2D eigenvalue weighted by atomic mass is 16.5. The van der Waals surface area contributed by atoms with Gasteiger partial charge in [-0.15, -0.1) is 0 Å². The Kier molecular flexibility index (Phi) is 7.43. The number of methoxy groups -OCH3 is 1. The Morgan fingerprint density at radius 1 is 0.880 bits per heavy atom. The average molecular weight is 342 g/mol. The Bertz CT molecular complexity index is 682. The Morgan fingerprint density at radius 2 is 1.44 bits per heavy atom. The maximum Gasteiger partial charge on any atom is 0.303 e. The highest BCUT2D eigenvalue weighted by Gasteiger charge is 1.98. The third-order valence-electron chi connectivity index (χ3n) is 3.49.